The lowest BCUT2D eigenvalue weighted by atomic mass is 9.97. The van der Waals surface area contributed by atoms with Crippen molar-refractivity contribution in [3.05, 3.63) is 0 Å². The highest BCUT2D eigenvalue weighted by atomic mass is 16.6. The van der Waals surface area contributed by atoms with Crippen LogP contribution in [0.2, 0.25) is 0 Å². The third-order valence-corrected chi connectivity index (χ3v) is 3.20. The third-order valence-electron chi connectivity index (χ3n) is 3.20. The van der Waals surface area contributed by atoms with Gasteiger partial charge in [0.05, 0.1) is 0 Å². The zero-order valence-electron chi connectivity index (χ0n) is 11.7. The van der Waals surface area contributed by atoms with Crippen LogP contribution in [0.25, 0.3) is 0 Å². The van der Waals surface area contributed by atoms with Gasteiger partial charge < -0.3 is 15.4 Å². The predicted octanol–water partition coefficient (Wildman–Crippen LogP) is 2.29. The zero-order chi connectivity index (χ0) is 13.1. The zero-order valence-corrected chi connectivity index (χ0v) is 11.7. The largest absolute Gasteiger partial charge is 0.444 e. The molecule has 0 saturated carbocycles. The van der Waals surface area contributed by atoms with Crippen LogP contribution in [-0.2, 0) is 4.74 Å². The van der Waals surface area contributed by atoms with E-state index in [4.69, 9.17) is 4.74 Å². The van der Waals surface area contributed by atoms with Crippen molar-refractivity contribution in [1.82, 2.24) is 10.6 Å². The van der Waals surface area contributed by atoms with Crippen LogP contribution in [0.5, 0.6) is 0 Å². The summed E-state index contributed by atoms with van der Waals surface area (Å²) >= 11 is 0. The number of alkyl carbamates (subject to hydrolysis) is 1. The van der Waals surface area contributed by atoms with Gasteiger partial charge in [0.25, 0.3) is 0 Å². The van der Waals surface area contributed by atoms with Crippen LogP contribution >= 0.6 is 0 Å². The van der Waals surface area contributed by atoms with Gasteiger partial charge >= 0.3 is 6.09 Å². The first-order chi connectivity index (χ1) is 7.81. The van der Waals surface area contributed by atoms with Crippen molar-refractivity contribution in [3.63, 3.8) is 0 Å². The summed E-state index contributed by atoms with van der Waals surface area (Å²) in [6.07, 6.45) is 1.97. The summed E-state index contributed by atoms with van der Waals surface area (Å²) in [5.74, 6) is 0.507. The maximum absolute atomic E-state index is 11.6. The standard InChI is InChI=1S/C13H26N2O2/c1-6-11-7-10(8-14-11)9(2)15-12(16)17-13(3,4)5/h9-11,14H,6-8H2,1-5H3,(H,15,16)/t9-,10+,11?/m0/s1. The molecule has 2 N–H and O–H groups in total. The SMILES string of the molecule is CCC1C[C@@H]([C@H](C)NC(=O)OC(C)(C)C)CN1. The highest BCUT2D eigenvalue weighted by Gasteiger charge is 2.29. The lowest BCUT2D eigenvalue weighted by Crippen LogP contribution is -2.41. The van der Waals surface area contributed by atoms with Crippen LogP contribution in [-0.4, -0.2) is 30.3 Å². The molecule has 1 aliphatic heterocycles. The Morgan fingerprint density at radius 1 is 1.53 bits per heavy atom. The number of ether oxygens (including phenoxy) is 1. The highest BCUT2D eigenvalue weighted by Crippen LogP contribution is 2.19. The number of carbonyl (C=O) groups excluding carboxylic acids is 1. The molecule has 4 nitrogen and oxygen atoms in total. The summed E-state index contributed by atoms with van der Waals surface area (Å²) in [5.41, 5.74) is -0.427. The first-order valence-corrected chi connectivity index (χ1v) is 6.54. The molecule has 0 aromatic rings. The quantitative estimate of drug-likeness (QED) is 0.798. The molecule has 0 bridgehead atoms. The fourth-order valence-corrected chi connectivity index (χ4v) is 2.15. The minimum absolute atomic E-state index is 0.161. The van der Waals surface area contributed by atoms with Gasteiger partial charge in [-0.2, -0.15) is 0 Å². The topological polar surface area (TPSA) is 50.4 Å². The van der Waals surface area contributed by atoms with Gasteiger partial charge in [-0.05, 0) is 46.5 Å². The fraction of sp³-hybridized carbons (Fsp3) is 0.923. The summed E-state index contributed by atoms with van der Waals surface area (Å²) in [5, 5.41) is 6.39. The molecule has 1 aliphatic rings. The maximum Gasteiger partial charge on any atom is 0.407 e. The summed E-state index contributed by atoms with van der Waals surface area (Å²) < 4.78 is 5.25. The Bertz CT molecular complexity index is 261. The van der Waals surface area contributed by atoms with E-state index in [-0.39, 0.29) is 12.1 Å². The first-order valence-electron chi connectivity index (χ1n) is 6.54. The minimum Gasteiger partial charge on any atom is -0.444 e. The maximum atomic E-state index is 11.6. The molecule has 1 fully saturated rings. The van der Waals surface area contributed by atoms with Gasteiger partial charge in [-0.25, -0.2) is 4.79 Å². The predicted molar refractivity (Wildman–Crippen MR) is 69.0 cm³/mol. The molecule has 1 amide bonds. The Kier molecular flexibility index (Phi) is 4.80. The minimum atomic E-state index is -0.427. The summed E-state index contributed by atoms with van der Waals surface area (Å²) in [6.45, 7) is 10.8. The van der Waals surface area contributed by atoms with E-state index in [1.54, 1.807) is 0 Å². The van der Waals surface area contributed by atoms with Crippen LogP contribution < -0.4 is 10.6 Å². The second-order valence-electron chi connectivity index (χ2n) is 5.94. The number of hydrogen-bond donors (Lipinski definition) is 2. The molecule has 1 rings (SSSR count). The Labute approximate surface area is 104 Å². The molecule has 0 radical (unpaired) electrons. The van der Waals surface area contributed by atoms with E-state index in [0.717, 1.165) is 19.4 Å². The van der Waals surface area contributed by atoms with Gasteiger partial charge in [-0.15, -0.1) is 0 Å². The molecule has 1 saturated heterocycles. The first kappa shape index (κ1) is 14.3. The average molecular weight is 242 g/mol. The van der Waals surface area contributed by atoms with Crippen molar-refractivity contribution >= 4 is 6.09 Å². The van der Waals surface area contributed by atoms with Crippen LogP contribution in [0.1, 0.15) is 47.5 Å². The van der Waals surface area contributed by atoms with Gasteiger partial charge in [0.15, 0.2) is 0 Å². The van der Waals surface area contributed by atoms with E-state index in [2.05, 4.69) is 17.6 Å². The van der Waals surface area contributed by atoms with Crippen LogP contribution in [0.3, 0.4) is 0 Å². The lowest BCUT2D eigenvalue weighted by Gasteiger charge is -2.24. The van der Waals surface area contributed by atoms with E-state index in [1.807, 2.05) is 27.7 Å². The monoisotopic (exact) mass is 242 g/mol. The van der Waals surface area contributed by atoms with Crippen molar-refractivity contribution < 1.29 is 9.53 Å². The van der Waals surface area contributed by atoms with E-state index < -0.39 is 5.60 Å². The molecule has 0 aliphatic carbocycles. The fourth-order valence-electron chi connectivity index (χ4n) is 2.15. The molecule has 0 aromatic carbocycles. The Hall–Kier alpha value is -0.770. The number of hydrogen-bond acceptors (Lipinski definition) is 3. The smallest absolute Gasteiger partial charge is 0.407 e. The summed E-state index contributed by atoms with van der Waals surface area (Å²) in [4.78, 5) is 11.6. The summed E-state index contributed by atoms with van der Waals surface area (Å²) in [6, 6.07) is 0.761. The van der Waals surface area contributed by atoms with Gasteiger partial charge in [0.2, 0.25) is 0 Å². The van der Waals surface area contributed by atoms with Crippen LogP contribution in [0.15, 0.2) is 0 Å². The number of carbonyl (C=O) groups is 1. The molecule has 4 heteroatoms. The molecule has 0 aromatic heterocycles. The Morgan fingerprint density at radius 2 is 2.18 bits per heavy atom. The molecule has 100 valence electrons. The molecular weight excluding hydrogens is 216 g/mol. The second kappa shape index (κ2) is 5.71. The normalized spacial score (nSPS) is 26.6. The number of rotatable bonds is 3. The van der Waals surface area contributed by atoms with E-state index in [1.165, 1.54) is 0 Å². The summed E-state index contributed by atoms with van der Waals surface area (Å²) in [7, 11) is 0. The van der Waals surface area contributed by atoms with Crippen molar-refractivity contribution in [2.75, 3.05) is 6.54 Å². The molecule has 1 unspecified atom stereocenters. The molecule has 0 spiro atoms. The van der Waals surface area contributed by atoms with E-state index >= 15 is 0 Å². The van der Waals surface area contributed by atoms with Gasteiger partial charge in [-0.1, -0.05) is 6.92 Å². The molecular formula is C13H26N2O2. The van der Waals surface area contributed by atoms with Crippen LogP contribution in [0, 0.1) is 5.92 Å². The number of amides is 1. The molecule has 3 atom stereocenters. The van der Waals surface area contributed by atoms with Crippen molar-refractivity contribution in [1.29, 1.82) is 0 Å². The van der Waals surface area contributed by atoms with Gasteiger partial charge in [0, 0.05) is 18.6 Å². The lowest BCUT2D eigenvalue weighted by molar-refractivity contribution is 0.0494. The van der Waals surface area contributed by atoms with Crippen molar-refractivity contribution in [3.8, 4) is 0 Å². The highest BCUT2D eigenvalue weighted by molar-refractivity contribution is 5.68. The van der Waals surface area contributed by atoms with Crippen molar-refractivity contribution in [2.24, 2.45) is 5.92 Å². The number of nitrogens with one attached hydrogen (secondary N) is 2. The molecule has 1 heterocycles. The van der Waals surface area contributed by atoms with E-state index in [9.17, 15) is 4.79 Å². The van der Waals surface area contributed by atoms with Crippen LogP contribution in [0.4, 0.5) is 4.79 Å². The van der Waals surface area contributed by atoms with Crippen molar-refractivity contribution in [2.45, 2.75) is 65.1 Å². The Morgan fingerprint density at radius 3 is 2.65 bits per heavy atom. The van der Waals surface area contributed by atoms with Gasteiger partial charge in [-0.3, -0.25) is 0 Å². The third kappa shape index (κ3) is 4.94. The van der Waals surface area contributed by atoms with E-state index in [0.29, 0.717) is 12.0 Å². The Balaban J connectivity index is 2.34. The second-order valence-corrected chi connectivity index (χ2v) is 5.94. The average Bonchev–Trinajstić information content (AvgIpc) is 2.62. The molecule has 17 heavy (non-hydrogen) atoms. The van der Waals surface area contributed by atoms with Gasteiger partial charge in [0.1, 0.15) is 5.60 Å².